The Morgan fingerprint density at radius 2 is 1.67 bits per heavy atom. The highest BCUT2D eigenvalue weighted by Crippen LogP contribution is 2.17. The third-order valence-electron chi connectivity index (χ3n) is 3.84. The van der Waals surface area contributed by atoms with Gasteiger partial charge in [-0.05, 0) is 30.5 Å². The second-order valence-electron chi connectivity index (χ2n) is 5.93. The average Bonchev–Trinajstić information content (AvgIpc) is 2.66. The zero-order valence-electron chi connectivity index (χ0n) is 12.5. The van der Waals surface area contributed by atoms with E-state index >= 15 is 0 Å². The molecular formula is C16H23NO3S. The van der Waals surface area contributed by atoms with Crippen LogP contribution in [0.5, 0.6) is 0 Å². The molecule has 116 valence electrons. The van der Waals surface area contributed by atoms with Gasteiger partial charge < -0.3 is 5.32 Å². The van der Waals surface area contributed by atoms with Crippen molar-refractivity contribution in [2.45, 2.75) is 50.3 Å². The fourth-order valence-corrected chi connectivity index (χ4v) is 3.55. The van der Waals surface area contributed by atoms with Crippen LogP contribution in [0.15, 0.2) is 24.3 Å². The molecule has 21 heavy (non-hydrogen) atoms. The van der Waals surface area contributed by atoms with E-state index in [0.717, 1.165) is 12.8 Å². The summed E-state index contributed by atoms with van der Waals surface area (Å²) in [4.78, 5) is 12.2. The molecule has 0 heterocycles. The molecule has 1 aliphatic rings. The van der Waals surface area contributed by atoms with Gasteiger partial charge >= 0.3 is 0 Å². The molecule has 0 aromatic heterocycles. The Kier molecular flexibility index (Phi) is 5.39. The number of carbonyl (C=O) groups excluding carboxylic acids is 1. The van der Waals surface area contributed by atoms with Crippen molar-refractivity contribution in [3.05, 3.63) is 35.4 Å². The van der Waals surface area contributed by atoms with E-state index in [0.29, 0.717) is 11.1 Å². The SMILES string of the molecule is CS(=O)(=O)Cc1ccc(C(=O)NC2CCCCCC2)cc1. The zero-order chi connectivity index (χ0) is 15.3. The lowest BCUT2D eigenvalue weighted by Crippen LogP contribution is -2.34. The van der Waals surface area contributed by atoms with Crippen molar-refractivity contribution in [2.75, 3.05) is 6.26 Å². The Hall–Kier alpha value is -1.36. The molecule has 0 atom stereocenters. The maximum Gasteiger partial charge on any atom is 0.251 e. The number of hydrogen-bond acceptors (Lipinski definition) is 3. The summed E-state index contributed by atoms with van der Waals surface area (Å²) in [5.74, 6) is -0.0508. The van der Waals surface area contributed by atoms with Gasteiger partial charge in [0.1, 0.15) is 0 Å². The number of sulfone groups is 1. The first-order valence-corrected chi connectivity index (χ1v) is 9.57. The van der Waals surface area contributed by atoms with E-state index in [9.17, 15) is 13.2 Å². The van der Waals surface area contributed by atoms with Gasteiger partial charge in [0.25, 0.3) is 5.91 Å². The van der Waals surface area contributed by atoms with Crippen LogP contribution in [-0.4, -0.2) is 26.6 Å². The third-order valence-corrected chi connectivity index (χ3v) is 4.69. The Morgan fingerprint density at radius 1 is 1.10 bits per heavy atom. The van der Waals surface area contributed by atoms with Crippen LogP contribution in [0.25, 0.3) is 0 Å². The molecule has 1 aliphatic carbocycles. The van der Waals surface area contributed by atoms with E-state index in [1.165, 1.54) is 31.9 Å². The summed E-state index contributed by atoms with van der Waals surface area (Å²) < 4.78 is 22.5. The lowest BCUT2D eigenvalue weighted by molar-refractivity contribution is 0.0933. The van der Waals surface area contributed by atoms with Gasteiger partial charge in [-0.1, -0.05) is 37.8 Å². The molecule has 1 amide bonds. The highest BCUT2D eigenvalue weighted by Gasteiger charge is 2.15. The lowest BCUT2D eigenvalue weighted by atomic mass is 10.1. The number of nitrogens with one attached hydrogen (secondary N) is 1. The van der Waals surface area contributed by atoms with Gasteiger partial charge in [0, 0.05) is 17.9 Å². The highest BCUT2D eigenvalue weighted by atomic mass is 32.2. The molecule has 1 aromatic rings. The van der Waals surface area contributed by atoms with Gasteiger partial charge in [0.15, 0.2) is 9.84 Å². The van der Waals surface area contributed by atoms with E-state index in [2.05, 4.69) is 5.32 Å². The Labute approximate surface area is 126 Å². The number of carbonyl (C=O) groups is 1. The van der Waals surface area contributed by atoms with E-state index in [1.807, 2.05) is 0 Å². The molecule has 1 saturated carbocycles. The molecule has 0 aliphatic heterocycles. The molecule has 1 fully saturated rings. The Bertz CT molecular complexity index is 570. The maximum atomic E-state index is 12.2. The van der Waals surface area contributed by atoms with Crippen molar-refractivity contribution in [1.29, 1.82) is 0 Å². The molecule has 4 nitrogen and oxygen atoms in total. The van der Waals surface area contributed by atoms with Crippen molar-refractivity contribution >= 4 is 15.7 Å². The Morgan fingerprint density at radius 3 is 2.19 bits per heavy atom. The minimum Gasteiger partial charge on any atom is -0.349 e. The first-order chi connectivity index (χ1) is 9.94. The van der Waals surface area contributed by atoms with Crippen LogP contribution in [-0.2, 0) is 15.6 Å². The van der Waals surface area contributed by atoms with E-state index in [1.54, 1.807) is 24.3 Å². The van der Waals surface area contributed by atoms with E-state index in [-0.39, 0.29) is 17.7 Å². The molecule has 0 spiro atoms. The van der Waals surface area contributed by atoms with Crippen molar-refractivity contribution < 1.29 is 13.2 Å². The summed E-state index contributed by atoms with van der Waals surface area (Å²) in [5, 5.41) is 3.09. The smallest absolute Gasteiger partial charge is 0.251 e. The molecule has 0 unspecified atom stereocenters. The van der Waals surface area contributed by atoms with E-state index in [4.69, 9.17) is 0 Å². The van der Waals surface area contributed by atoms with Crippen molar-refractivity contribution in [3.63, 3.8) is 0 Å². The molecular weight excluding hydrogens is 286 g/mol. The summed E-state index contributed by atoms with van der Waals surface area (Å²) in [5.41, 5.74) is 1.31. The van der Waals surface area contributed by atoms with Gasteiger partial charge in [-0.15, -0.1) is 0 Å². The third kappa shape index (κ3) is 5.50. The first kappa shape index (κ1) is 16.0. The summed E-state index contributed by atoms with van der Waals surface area (Å²) >= 11 is 0. The number of benzene rings is 1. The molecule has 0 radical (unpaired) electrons. The molecule has 1 aromatic carbocycles. The minimum atomic E-state index is -3.04. The highest BCUT2D eigenvalue weighted by molar-refractivity contribution is 7.89. The zero-order valence-corrected chi connectivity index (χ0v) is 13.3. The van der Waals surface area contributed by atoms with Crippen LogP contribution in [0.2, 0.25) is 0 Å². The summed E-state index contributed by atoms with van der Waals surface area (Å²) in [6, 6.07) is 7.10. The largest absolute Gasteiger partial charge is 0.349 e. The standard InChI is InChI=1S/C16H23NO3S/c1-21(19,20)12-13-8-10-14(11-9-13)16(18)17-15-6-4-2-3-5-7-15/h8-11,15H,2-7,12H2,1H3,(H,17,18). The van der Waals surface area contributed by atoms with Gasteiger partial charge in [0.05, 0.1) is 5.75 Å². The average molecular weight is 309 g/mol. The lowest BCUT2D eigenvalue weighted by Gasteiger charge is -2.16. The second-order valence-corrected chi connectivity index (χ2v) is 8.07. The summed E-state index contributed by atoms with van der Waals surface area (Å²) in [6.45, 7) is 0. The Balaban J connectivity index is 1.96. The fourth-order valence-electron chi connectivity index (χ4n) is 2.75. The fraction of sp³-hybridized carbons (Fsp3) is 0.562. The first-order valence-electron chi connectivity index (χ1n) is 7.51. The van der Waals surface area contributed by atoms with Crippen LogP contribution in [0, 0.1) is 0 Å². The van der Waals surface area contributed by atoms with Crippen LogP contribution >= 0.6 is 0 Å². The minimum absolute atomic E-state index is 0.0114. The summed E-state index contributed by atoms with van der Waals surface area (Å²) in [6.07, 6.45) is 8.19. The molecule has 5 heteroatoms. The van der Waals surface area contributed by atoms with Crippen molar-refractivity contribution in [2.24, 2.45) is 0 Å². The topological polar surface area (TPSA) is 63.2 Å². The van der Waals surface area contributed by atoms with E-state index < -0.39 is 9.84 Å². The molecule has 0 bridgehead atoms. The predicted molar refractivity (Wildman–Crippen MR) is 83.9 cm³/mol. The predicted octanol–water partition coefficient (Wildman–Crippen LogP) is 2.68. The number of hydrogen-bond donors (Lipinski definition) is 1. The van der Waals surface area contributed by atoms with Gasteiger partial charge in [-0.3, -0.25) is 4.79 Å². The van der Waals surface area contributed by atoms with Gasteiger partial charge in [-0.25, -0.2) is 8.42 Å². The molecule has 2 rings (SSSR count). The molecule has 1 N–H and O–H groups in total. The van der Waals surface area contributed by atoms with Gasteiger partial charge in [0.2, 0.25) is 0 Å². The number of amides is 1. The van der Waals surface area contributed by atoms with Crippen molar-refractivity contribution in [3.8, 4) is 0 Å². The van der Waals surface area contributed by atoms with Crippen LogP contribution in [0.4, 0.5) is 0 Å². The van der Waals surface area contributed by atoms with Gasteiger partial charge in [-0.2, -0.15) is 0 Å². The summed E-state index contributed by atoms with van der Waals surface area (Å²) in [7, 11) is -3.04. The second kappa shape index (κ2) is 7.07. The maximum absolute atomic E-state index is 12.2. The molecule has 0 saturated heterocycles. The van der Waals surface area contributed by atoms with Crippen molar-refractivity contribution in [1.82, 2.24) is 5.32 Å². The number of rotatable bonds is 4. The van der Waals surface area contributed by atoms with Crippen LogP contribution in [0.1, 0.15) is 54.4 Å². The van der Waals surface area contributed by atoms with Crippen LogP contribution in [0.3, 0.4) is 0 Å². The van der Waals surface area contributed by atoms with Crippen LogP contribution < -0.4 is 5.32 Å². The quantitative estimate of drug-likeness (QED) is 0.870. The normalized spacial score (nSPS) is 17.2. The monoisotopic (exact) mass is 309 g/mol.